The molecule has 6 rings (SSSR count). The molecule has 1 atom stereocenters. The Morgan fingerprint density at radius 3 is 2.81 bits per heavy atom. The minimum absolute atomic E-state index is 0.614. The van der Waals surface area contributed by atoms with Crippen molar-refractivity contribution in [2.75, 3.05) is 23.3 Å². The molecule has 2 aliphatic heterocycles. The Morgan fingerprint density at radius 2 is 2.00 bits per heavy atom. The molecule has 2 N–H and O–H groups in total. The van der Waals surface area contributed by atoms with Gasteiger partial charge in [0.2, 0.25) is 0 Å². The van der Waals surface area contributed by atoms with Gasteiger partial charge in [0.05, 0.1) is 17.8 Å². The maximum Gasteiger partial charge on any atom is 0.180 e. The van der Waals surface area contributed by atoms with Gasteiger partial charge in [0.1, 0.15) is 0 Å². The number of nitrogens with one attached hydrogen (secondary N) is 1. The highest BCUT2D eigenvalue weighted by Gasteiger charge is 2.31. The first kappa shape index (κ1) is 19.0. The smallest absolute Gasteiger partial charge is 0.180 e. The van der Waals surface area contributed by atoms with Crippen LogP contribution in [0.3, 0.4) is 0 Å². The molecule has 4 heterocycles. The number of β-amino-alcohol motifs (C(OH)–C–C–N with tert-alkyl or cyclic N) is 1. The normalized spacial score (nSPS) is 19.6. The third-order valence-corrected chi connectivity index (χ3v) is 6.25. The molecule has 0 amide bonds. The molecule has 1 unspecified atom stereocenters. The van der Waals surface area contributed by atoms with Crippen LogP contribution in [-0.4, -0.2) is 44.4 Å². The summed E-state index contributed by atoms with van der Waals surface area (Å²) in [4.78, 5) is 16.0. The molecule has 7 heteroatoms. The first-order valence-electron chi connectivity index (χ1n) is 10.9. The molecule has 4 aromatic rings. The van der Waals surface area contributed by atoms with Crippen molar-refractivity contribution in [2.45, 2.75) is 25.5 Å². The van der Waals surface area contributed by atoms with E-state index in [-0.39, 0.29) is 0 Å². The quantitative estimate of drug-likeness (QED) is 0.517. The second-order valence-electron chi connectivity index (χ2n) is 8.86. The summed E-state index contributed by atoms with van der Waals surface area (Å²) >= 11 is 0. The van der Waals surface area contributed by atoms with Crippen LogP contribution in [0.15, 0.2) is 66.0 Å². The van der Waals surface area contributed by atoms with E-state index in [9.17, 15) is 5.11 Å². The van der Waals surface area contributed by atoms with Gasteiger partial charge in [-0.1, -0.05) is 12.1 Å². The van der Waals surface area contributed by atoms with E-state index in [0.717, 1.165) is 47.8 Å². The van der Waals surface area contributed by atoms with E-state index in [1.807, 2.05) is 42.1 Å². The fourth-order valence-corrected chi connectivity index (χ4v) is 4.48. The Balaban J connectivity index is 1.30. The molecule has 1 fully saturated rings. The Kier molecular flexibility index (Phi) is 4.26. The summed E-state index contributed by atoms with van der Waals surface area (Å²) in [5, 5.41) is 13.7. The van der Waals surface area contributed by atoms with Gasteiger partial charge in [-0.15, -0.1) is 0 Å². The summed E-state index contributed by atoms with van der Waals surface area (Å²) in [5.74, 6) is 0.709. The predicted octanol–water partition coefficient (Wildman–Crippen LogP) is 4.03. The lowest BCUT2D eigenvalue weighted by Gasteiger charge is -2.21. The van der Waals surface area contributed by atoms with Crippen molar-refractivity contribution in [1.82, 2.24) is 14.4 Å². The fourth-order valence-electron chi connectivity index (χ4n) is 4.48. The Morgan fingerprint density at radius 1 is 1.12 bits per heavy atom. The first-order chi connectivity index (χ1) is 15.5. The van der Waals surface area contributed by atoms with Gasteiger partial charge >= 0.3 is 0 Å². The molecule has 7 nitrogen and oxygen atoms in total. The maximum atomic E-state index is 10.2. The van der Waals surface area contributed by atoms with Gasteiger partial charge in [-0.2, -0.15) is 0 Å². The van der Waals surface area contributed by atoms with Crippen molar-refractivity contribution >= 4 is 29.1 Å². The third-order valence-electron chi connectivity index (χ3n) is 6.25. The minimum atomic E-state index is -0.614. The van der Waals surface area contributed by atoms with Gasteiger partial charge in [-0.3, -0.25) is 4.99 Å². The van der Waals surface area contributed by atoms with Gasteiger partial charge in [-0.05, 0) is 54.8 Å². The van der Waals surface area contributed by atoms with Gasteiger partial charge in [0.15, 0.2) is 11.5 Å². The first-order valence-corrected chi connectivity index (χ1v) is 10.9. The van der Waals surface area contributed by atoms with Crippen LogP contribution in [0.2, 0.25) is 0 Å². The number of nitrogens with zero attached hydrogens (tertiary/aromatic N) is 5. The molecule has 32 heavy (non-hydrogen) atoms. The van der Waals surface area contributed by atoms with Crippen LogP contribution >= 0.6 is 0 Å². The molecule has 0 aliphatic carbocycles. The van der Waals surface area contributed by atoms with Crippen LogP contribution < -0.4 is 10.2 Å². The predicted molar refractivity (Wildman–Crippen MR) is 127 cm³/mol. The Bertz CT molecular complexity index is 1340. The van der Waals surface area contributed by atoms with Crippen LogP contribution in [-0.2, 0) is 6.54 Å². The van der Waals surface area contributed by atoms with E-state index in [4.69, 9.17) is 4.98 Å². The third kappa shape index (κ3) is 3.40. The van der Waals surface area contributed by atoms with E-state index in [1.165, 1.54) is 11.1 Å². The summed E-state index contributed by atoms with van der Waals surface area (Å²) in [5.41, 5.74) is 6.55. The number of aliphatic imine (C=N–C) groups is 1. The zero-order chi connectivity index (χ0) is 21.7. The van der Waals surface area contributed by atoms with Gasteiger partial charge in [0.25, 0.3) is 0 Å². The van der Waals surface area contributed by atoms with Crippen molar-refractivity contribution in [3.8, 4) is 11.3 Å². The molecule has 0 bridgehead atoms. The molecule has 2 aliphatic rings. The average molecular weight is 425 g/mol. The van der Waals surface area contributed by atoms with Gasteiger partial charge in [0, 0.05) is 54.8 Å². The zero-order valence-corrected chi connectivity index (χ0v) is 17.9. The Hall–Kier alpha value is -3.71. The number of anilines is 3. The van der Waals surface area contributed by atoms with Crippen LogP contribution in [0.1, 0.15) is 24.5 Å². The molecule has 0 spiro atoms. The standard InChI is InChI=1S/C25H24N6O/c1-25(32)8-10-31(16-25)21-6-4-20(5-7-21)28-23-24-27-9-11-30(24)15-22(29-23)17-2-3-18-13-26-14-19(18)12-17/h2-7,9,11-13,15,32H,8,10,14,16H2,1H3,(H,28,29). The molecule has 2 aromatic heterocycles. The largest absolute Gasteiger partial charge is 0.388 e. The van der Waals surface area contributed by atoms with Crippen molar-refractivity contribution in [2.24, 2.45) is 4.99 Å². The highest BCUT2D eigenvalue weighted by atomic mass is 16.3. The van der Waals surface area contributed by atoms with Crippen molar-refractivity contribution in [3.05, 3.63) is 72.2 Å². The topological polar surface area (TPSA) is 78.0 Å². The molecule has 0 radical (unpaired) electrons. The van der Waals surface area contributed by atoms with Crippen molar-refractivity contribution in [1.29, 1.82) is 0 Å². The number of hydrogen-bond donors (Lipinski definition) is 2. The number of rotatable bonds is 4. The highest BCUT2D eigenvalue weighted by Crippen LogP contribution is 2.30. The summed E-state index contributed by atoms with van der Waals surface area (Å²) in [7, 11) is 0. The molecule has 0 saturated carbocycles. The number of imidazole rings is 1. The summed E-state index contributed by atoms with van der Waals surface area (Å²) in [6.45, 7) is 4.14. The molecule has 2 aromatic carbocycles. The second-order valence-corrected chi connectivity index (χ2v) is 8.86. The molecular weight excluding hydrogens is 400 g/mol. The Labute approximate surface area is 186 Å². The lowest BCUT2D eigenvalue weighted by molar-refractivity contribution is 0.0839. The van der Waals surface area contributed by atoms with Crippen LogP contribution in [0, 0.1) is 0 Å². The summed E-state index contributed by atoms with van der Waals surface area (Å²) < 4.78 is 2.00. The number of aliphatic hydroxyl groups is 1. The lowest BCUT2D eigenvalue weighted by Crippen LogP contribution is -2.29. The minimum Gasteiger partial charge on any atom is -0.388 e. The second kappa shape index (κ2) is 7.17. The van der Waals surface area contributed by atoms with E-state index < -0.39 is 5.60 Å². The summed E-state index contributed by atoms with van der Waals surface area (Å²) in [6.07, 6.45) is 8.44. The SMILES string of the molecule is CC1(O)CCN(c2ccc(Nc3nc(-c4ccc5c(c4)CN=C5)cn4ccnc34)cc2)C1. The zero-order valence-electron chi connectivity index (χ0n) is 17.9. The fraction of sp³-hybridized carbons (Fsp3) is 0.240. The van der Waals surface area contributed by atoms with E-state index in [0.29, 0.717) is 12.4 Å². The number of hydrogen-bond acceptors (Lipinski definition) is 6. The van der Waals surface area contributed by atoms with Crippen molar-refractivity contribution < 1.29 is 5.11 Å². The van der Waals surface area contributed by atoms with Crippen LogP contribution in [0.25, 0.3) is 16.9 Å². The number of aromatic nitrogens is 3. The summed E-state index contributed by atoms with van der Waals surface area (Å²) in [6, 6.07) is 14.6. The molecule has 1 saturated heterocycles. The lowest BCUT2D eigenvalue weighted by atomic mass is 10.0. The maximum absolute atomic E-state index is 10.2. The van der Waals surface area contributed by atoms with Gasteiger partial charge in [-0.25, -0.2) is 9.97 Å². The van der Waals surface area contributed by atoms with E-state index in [2.05, 4.69) is 50.5 Å². The molecular formula is C25H24N6O. The van der Waals surface area contributed by atoms with Gasteiger partial charge < -0.3 is 19.7 Å². The highest BCUT2D eigenvalue weighted by molar-refractivity contribution is 5.86. The average Bonchev–Trinajstić information content (AvgIpc) is 3.52. The number of benzene rings is 2. The molecule has 160 valence electrons. The van der Waals surface area contributed by atoms with Crippen LogP contribution in [0.4, 0.5) is 17.2 Å². The van der Waals surface area contributed by atoms with E-state index >= 15 is 0 Å². The monoisotopic (exact) mass is 424 g/mol. The number of fused-ring (bicyclic) bond motifs is 2. The van der Waals surface area contributed by atoms with E-state index in [1.54, 1.807) is 6.20 Å². The van der Waals surface area contributed by atoms with Crippen LogP contribution in [0.5, 0.6) is 0 Å². The van der Waals surface area contributed by atoms with Crippen molar-refractivity contribution in [3.63, 3.8) is 0 Å².